The lowest BCUT2D eigenvalue weighted by Crippen LogP contribution is -2.17. The molecule has 0 spiro atoms. The van der Waals surface area contributed by atoms with E-state index in [1.807, 2.05) is 18.2 Å². The topological polar surface area (TPSA) is 88.6 Å². The summed E-state index contributed by atoms with van der Waals surface area (Å²) in [5, 5.41) is 17.6. The van der Waals surface area contributed by atoms with Crippen molar-refractivity contribution in [2.75, 3.05) is 5.32 Å². The Bertz CT molecular complexity index is 1640. The van der Waals surface area contributed by atoms with Gasteiger partial charge in [0, 0.05) is 46.4 Å². The normalized spacial score (nSPS) is 13.7. The molecule has 3 heterocycles. The Labute approximate surface area is 225 Å². The zero-order valence-electron chi connectivity index (χ0n) is 21.6. The number of nitriles is 1. The molecule has 1 aliphatic carbocycles. The minimum Gasteiger partial charge on any atom is -0.424 e. The predicted octanol–water partition coefficient (Wildman–Crippen LogP) is 7.98. The molecule has 7 nitrogen and oxygen atoms in total. The van der Waals surface area contributed by atoms with Crippen LogP contribution in [0.2, 0.25) is 0 Å². The number of nitrogens with zero attached hydrogens (tertiary/aromatic N) is 5. The van der Waals surface area contributed by atoms with Crippen LogP contribution >= 0.6 is 11.3 Å². The maximum Gasteiger partial charge on any atom is 0.321 e. The Morgan fingerprint density at radius 1 is 1.08 bits per heavy atom. The molecule has 1 saturated carbocycles. The van der Waals surface area contributed by atoms with Crippen molar-refractivity contribution in [1.29, 1.82) is 5.26 Å². The molecule has 0 unspecified atom stereocenters. The van der Waals surface area contributed by atoms with Gasteiger partial charge in [-0.1, -0.05) is 32.9 Å². The Morgan fingerprint density at radius 3 is 2.47 bits per heavy atom. The number of benzene rings is 2. The third-order valence-corrected chi connectivity index (χ3v) is 7.72. The molecule has 3 aromatic heterocycles. The maximum absolute atomic E-state index is 10.3. The fourth-order valence-electron chi connectivity index (χ4n) is 4.73. The number of fused-ring (bicyclic) bond motifs is 1. The van der Waals surface area contributed by atoms with Crippen LogP contribution in [-0.2, 0) is 5.41 Å². The second-order valence-corrected chi connectivity index (χ2v) is 11.5. The van der Waals surface area contributed by atoms with Gasteiger partial charge in [-0.2, -0.15) is 5.26 Å². The summed E-state index contributed by atoms with van der Waals surface area (Å²) in [5.74, 6) is 0.649. The lowest BCUT2D eigenvalue weighted by Gasteiger charge is -2.30. The highest BCUT2D eigenvalue weighted by atomic mass is 32.1. The van der Waals surface area contributed by atoms with Crippen molar-refractivity contribution in [1.82, 2.24) is 19.5 Å². The number of thiazole rings is 1. The van der Waals surface area contributed by atoms with Gasteiger partial charge in [0.2, 0.25) is 0 Å². The number of hydrogen-bond acceptors (Lipinski definition) is 7. The van der Waals surface area contributed by atoms with Crippen LogP contribution in [0.15, 0.2) is 66.3 Å². The van der Waals surface area contributed by atoms with E-state index in [2.05, 4.69) is 76.3 Å². The highest BCUT2D eigenvalue weighted by molar-refractivity contribution is 7.13. The van der Waals surface area contributed by atoms with E-state index in [9.17, 15) is 5.26 Å². The third kappa shape index (κ3) is 4.50. The van der Waals surface area contributed by atoms with Crippen LogP contribution < -0.4 is 10.1 Å². The summed E-state index contributed by atoms with van der Waals surface area (Å²) < 4.78 is 8.25. The van der Waals surface area contributed by atoms with Gasteiger partial charge in [0.25, 0.3) is 0 Å². The van der Waals surface area contributed by atoms with Gasteiger partial charge in [0.15, 0.2) is 5.13 Å². The van der Waals surface area contributed by atoms with E-state index in [1.54, 1.807) is 29.8 Å². The van der Waals surface area contributed by atoms with Crippen LogP contribution in [0.1, 0.15) is 57.3 Å². The molecule has 2 aromatic carbocycles. The van der Waals surface area contributed by atoms with E-state index < -0.39 is 0 Å². The first kappa shape index (κ1) is 24.1. The van der Waals surface area contributed by atoms with E-state index >= 15 is 0 Å². The third-order valence-electron chi connectivity index (χ3n) is 6.96. The van der Waals surface area contributed by atoms with Crippen LogP contribution in [0.25, 0.3) is 22.2 Å². The molecule has 38 heavy (non-hydrogen) atoms. The minimum atomic E-state index is 0.0158. The number of nitrogens with one attached hydrogen (secondary N) is 1. The van der Waals surface area contributed by atoms with Gasteiger partial charge in [-0.15, -0.1) is 11.3 Å². The average molecular weight is 521 g/mol. The number of ether oxygens (including phenoxy) is 1. The molecule has 6 rings (SSSR count). The van der Waals surface area contributed by atoms with Gasteiger partial charge in [-0.05, 0) is 55.2 Å². The lowest BCUT2D eigenvalue weighted by molar-refractivity contribution is 0.324. The molecule has 1 aliphatic rings. The quantitative estimate of drug-likeness (QED) is 0.244. The summed E-state index contributed by atoms with van der Waals surface area (Å²) in [6.07, 6.45) is 6.68. The van der Waals surface area contributed by atoms with Crippen LogP contribution in [-0.4, -0.2) is 19.5 Å². The maximum atomic E-state index is 10.3. The van der Waals surface area contributed by atoms with E-state index in [0.717, 1.165) is 51.5 Å². The summed E-state index contributed by atoms with van der Waals surface area (Å²) in [6.45, 7) is 6.50. The van der Waals surface area contributed by atoms with E-state index in [-0.39, 0.29) is 5.41 Å². The molecule has 0 saturated heterocycles. The first-order valence-corrected chi connectivity index (χ1v) is 13.6. The summed E-state index contributed by atoms with van der Waals surface area (Å²) in [6, 6.07) is 19.0. The number of hydrogen-bond donors (Lipinski definition) is 1. The molecule has 8 heteroatoms. The highest BCUT2D eigenvalue weighted by Gasteiger charge is 2.28. The van der Waals surface area contributed by atoms with Crippen molar-refractivity contribution in [3.8, 4) is 29.1 Å². The van der Waals surface area contributed by atoms with E-state index in [4.69, 9.17) is 9.72 Å². The van der Waals surface area contributed by atoms with Crippen LogP contribution in [0.5, 0.6) is 11.8 Å². The molecule has 0 bridgehead atoms. The molecule has 1 N–H and O–H groups in total. The van der Waals surface area contributed by atoms with E-state index in [1.165, 1.54) is 6.42 Å². The Balaban J connectivity index is 1.37. The standard InChI is InChI=1S/C30H28N6OS/c1-30(2,3)26-18-38-29(35-26)34-20-10-8-19(9-11-20)27-24(17-31)23-13-12-22(37-28-32-14-5-15-33-28)16-25(23)36(27)21-6-4-7-21/h5,8-16,18,21H,4,6-7H2,1-3H3,(H,34,35). The highest BCUT2D eigenvalue weighted by Crippen LogP contribution is 2.43. The van der Waals surface area contributed by atoms with Crippen LogP contribution in [0.3, 0.4) is 0 Å². The fourth-order valence-corrected chi connectivity index (χ4v) is 5.69. The molecule has 0 aliphatic heterocycles. The van der Waals surface area contributed by atoms with Crippen LogP contribution in [0.4, 0.5) is 10.8 Å². The molecule has 0 amide bonds. The first-order valence-electron chi connectivity index (χ1n) is 12.8. The Morgan fingerprint density at radius 2 is 1.84 bits per heavy atom. The minimum absolute atomic E-state index is 0.0158. The SMILES string of the molecule is CC(C)(C)c1csc(Nc2ccc(-c3c(C#N)c4ccc(Oc5ncccn5)cc4n3C3CCC3)cc2)n1. The zero-order valence-corrected chi connectivity index (χ0v) is 22.4. The number of aromatic nitrogens is 4. The van der Waals surface area contributed by atoms with Crippen molar-refractivity contribution in [2.24, 2.45) is 0 Å². The van der Waals surface area contributed by atoms with Gasteiger partial charge in [-0.3, -0.25) is 0 Å². The Hall–Kier alpha value is -4.22. The average Bonchev–Trinajstić information content (AvgIpc) is 3.47. The summed E-state index contributed by atoms with van der Waals surface area (Å²) in [4.78, 5) is 13.1. The molecular weight excluding hydrogens is 492 g/mol. The number of anilines is 2. The Kier molecular flexibility index (Phi) is 6.09. The molecular formula is C30H28N6OS. The molecule has 5 aromatic rings. The lowest BCUT2D eigenvalue weighted by atomic mass is 9.92. The molecule has 1 fully saturated rings. The van der Waals surface area contributed by atoms with Gasteiger partial charge in [-0.25, -0.2) is 15.0 Å². The van der Waals surface area contributed by atoms with Gasteiger partial charge < -0.3 is 14.6 Å². The molecule has 0 atom stereocenters. The zero-order chi connectivity index (χ0) is 26.3. The van der Waals surface area contributed by atoms with Crippen molar-refractivity contribution < 1.29 is 4.74 Å². The van der Waals surface area contributed by atoms with Gasteiger partial charge >= 0.3 is 6.01 Å². The number of rotatable bonds is 6. The van der Waals surface area contributed by atoms with Crippen LogP contribution in [0, 0.1) is 11.3 Å². The summed E-state index contributed by atoms with van der Waals surface area (Å²) in [7, 11) is 0. The smallest absolute Gasteiger partial charge is 0.321 e. The van der Waals surface area contributed by atoms with Crippen molar-refractivity contribution >= 4 is 33.1 Å². The van der Waals surface area contributed by atoms with Crippen molar-refractivity contribution in [2.45, 2.75) is 51.5 Å². The van der Waals surface area contributed by atoms with Gasteiger partial charge in [0.1, 0.15) is 11.8 Å². The summed E-state index contributed by atoms with van der Waals surface area (Å²) >= 11 is 1.61. The largest absolute Gasteiger partial charge is 0.424 e. The monoisotopic (exact) mass is 520 g/mol. The molecule has 0 radical (unpaired) electrons. The predicted molar refractivity (Wildman–Crippen MR) is 151 cm³/mol. The second kappa shape index (κ2) is 9.58. The second-order valence-electron chi connectivity index (χ2n) is 10.6. The van der Waals surface area contributed by atoms with Crippen molar-refractivity contribution in [3.05, 3.63) is 77.6 Å². The summed E-state index contributed by atoms with van der Waals surface area (Å²) in [5.41, 5.74) is 5.70. The van der Waals surface area contributed by atoms with E-state index in [0.29, 0.717) is 23.4 Å². The fraction of sp³-hybridized carbons (Fsp3) is 0.267. The van der Waals surface area contributed by atoms with Crippen molar-refractivity contribution in [3.63, 3.8) is 0 Å². The molecule has 190 valence electrons. The first-order chi connectivity index (χ1) is 18.4. The van der Waals surface area contributed by atoms with Gasteiger partial charge in [0.05, 0.1) is 22.5 Å².